The smallest absolute Gasteiger partial charge is 0.264 e. The van der Waals surface area contributed by atoms with Crippen molar-refractivity contribution in [2.24, 2.45) is 7.05 Å². The van der Waals surface area contributed by atoms with Gasteiger partial charge in [0, 0.05) is 24.7 Å². The molecule has 0 aliphatic rings. The summed E-state index contributed by atoms with van der Waals surface area (Å²) in [6, 6.07) is 0. The van der Waals surface area contributed by atoms with Gasteiger partial charge in [-0.3, -0.25) is 14.0 Å². The van der Waals surface area contributed by atoms with Crippen LogP contribution in [0.5, 0.6) is 0 Å². The first-order valence-corrected chi connectivity index (χ1v) is 7.06. The zero-order chi connectivity index (χ0) is 14.1. The van der Waals surface area contributed by atoms with Gasteiger partial charge >= 0.3 is 0 Å². The standard InChI is InChI=1S/C12H14N6OS/c1-3-13-12-14-4-8(20-12)6-18-7-15-10-9(11(18)19)5-16-17(10)2/h4-5,7H,3,6H2,1-2H3,(H,13,14). The van der Waals surface area contributed by atoms with Crippen molar-refractivity contribution in [3.05, 3.63) is 34.0 Å². The normalized spacial score (nSPS) is 11.1. The highest BCUT2D eigenvalue weighted by Crippen LogP contribution is 2.18. The van der Waals surface area contributed by atoms with Crippen LogP contribution in [0.4, 0.5) is 5.13 Å². The Hall–Kier alpha value is -2.22. The molecule has 0 aromatic carbocycles. The molecule has 0 aliphatic carbocycles. The van der Waals surface area contributed by atoms with Crippen LogP contribution in [0.15, 0.2) is 23.5 Å². The SMILES string of the molecule is CCNc1ncc(Cn2cnc3c(cnn3C)c2=O)s1. The second-order valence-corrected chi connectivity index (χ2v) is 5.46. The van der Waals surface area contributed by atoms with Crippen molar-refractivity contribution in [3.63, 3.8) is 0 Å². The van der Waals surface area contributed by atoms with Crippen LogP contribution in [0.3, 0.4) is 0 Å². The number of rotatable bonds is 4. The van der Waals surface area contributed by atoms with Crippen molar-refractivity contribution in [1.29, 1.82) is 0 Å². The lowest BCUT2D eigenvalue weighted by Gasteiger charge is -2.02. The number of thiazole rings is 1. The van der Waals surface area contributed by atoms with Gasteiger partial charge in [0.05, 0.1) is 12.7 Å². The molecule has 0 saturated carbocycles. The highest BCUT2D eigenvalue weighted by atomic mass is 32.1. The summed E-state index contributed by atoms with van der Waals surface area (Å²) in [5.74, 6) is 0. The lowest BCUT2D eigenvalue weighted by atomic mass is 10.4. The van der Waals surface area contributed by atoms with Crippen LogP contribution in [0.25, 0.3) is 11.0 Å². The molecule has 3 aromatic rings. The van der Waals surface area contributed by atoms with E-state index in [9.17, 15) is 4.79 Å². The highest BCUT2D eigenvalue weighted by Gasteiger charge is 2.09. The second-order valence-electron chi connectivity index (χ2n) is 4.35. The average molecular weight is 290 g/mol. The molecule has 3 aromatic heterocycles. The quantitative estimate of drug-likeness (QED) is 0.777. The first-order chi connectivity index (χ1) is 9.69. The molecule has 20 heavy (non-hydrogen) atoms. The van der Waals surface area contributed by atoms with Gasteiger partial charge in [0.25, 0.3) is 5.56 Å². The molecule has 3 heterocycles. The van der Waals surface area contributed by atoms with E-state index in [0.29, 0.717) is 17.6 Å². The molecule has 0 aliphatic heterocycles. The Morgan fingerprint density at radius 1 is 1.35 bits per heavy atom. The van der Waals surface area contributed by atoms with Crippen LogP contribution in [-0.2, 0) is 13.6 Å². The minimum absolute atomic E-state index is 0.0819. The number of fused-ring (bicyclic) bond motifs is 1. The van der Waals surface area contributed by atoms with Crippen LogP contribution >= 0.6 is 11.3 Å². The summed E-state index contributed by atoms with van der Waals surface area (Å²) in [6.45, 7) is 3.32. The van der Waals surface area contributed by atoms with Gasteiger partial charge in [-0.15, -0.1) is 11.3 Å². The van der Waals surface area contributed by atoms with Crippen molar-refractivity contribution in [3.8, 4) is 0 Å². The van der Waals surface area contributed by atoms with E-state index in [1.807, 2.05) is 6.92 Å². The van der Waals surface area contributed by atoms with Crippen molar-refractivity contribution < 1.29 is 0 Å². The average Bonchev–Trinajstić information content (AvgIpc) is 3.02. The van der Waals surface area contributed by atoms with Crippen molar-refractivity contribution >= 4 is 27.5 Å². The lowest BCUT2D eigenvalue weighted by molar-refractivity contribution is 0.744. The van der Waals surface area contributed by atoms with Crippen LogP contribution < -0.4 is 10.9 Å². The molecule has 0 atom stereocenters. The first kappa shape index (κ1) is 12.8. The number of nitrogens with zero attached hydrogens (tertiary/aromatic N) is 5. The van der Waals surface area contributed by atoms with Gasteiger partial charge in [0.2, 0.25) is 0 Å². The third kappa shape index (κ3) is 2.18. The molecule has 0 saturated heterocycles. The molecule has 0 spiro atoms. The molecule has 0 fully saturated rings. The third-order valence-electron chi connectivity index (χ3n) is 2.93. The molecule has 0 radical (unpaired) electrons. The van der Waals surface area contributed by atoms with Crippen molar-refractivity contribution in [2.75, 3.05) is 11.9 Å². The molecular formula is C12H14N6OS. The molecule has 0 amide bonds. The van der Waals surface area contributed by atoms with E-state index in [0.717, 1.165) is 16.6 Å². The van der Waals surface area contributed by atoms with Gasteiger partial charge in [0.1, 0.15) is 11.7 Å². The zero-order valence-electron chi connectivity index (χ0n) is 11.2. The summed E-state index contributed by atoms with van der Waals surface area (Å²) >= 11 is 1.54. The minimum Gasteiger partial charge on any atom is -0.362 e. The van der Waals surface area contributed by atoms with Gasteiger partial charge in [-0.2, -0.15) is 5.10 Å². The molecule has 7 nitrogen and oxygen atoms in total. The highest BCUT2D eigenvalue weighted by molar-refractivity contribution is 7.15. The maximum atomic E-state index is 12.3. The fourth-order valence-electron chi connectivity index (χ4n) is 1.96. The number of hydrogen-bond donors (Lipinski definition) is 1. The van der Waals surface area contributed by atoms with Crippen molar-refractivity contribution in [2.45, 2.75) is 13.5 Å². The number of anilines is 1. The van der Waals surface area contributed by atoms with E-state index in [1.165, 1.54) is 0 Å². The van der Waals surface area contributed by atoms with Gasteiger partial charge in [-0.25, -0.2) is 9.97 Å². The predicted octanol–water partition coefficient (Wildman–Crippen LogP) is 1.07. The summed E-state index contributed by atoms with van der Waals surface area (Å²) in [7, 11) is 1.77. The van der Waals surface area contributed by atoms with Crippen LogP contribution in [0.1, 0.15) is 11.8 Å². The topological polar surface area (TPSA) is 77.6 Å². The maximum Gasteiger partial charge on any atom is 0.264 e. The Labute approximate surface area is 118 Å². The molecule has 1 N–H and O–H groups in total. The van der Waals surface area contributed by atoms with Gasteiger partial charge in [-0.05, 0) is 6.92 Å². The van der Waals surface area contributed by atoms with Crippen molar-refractivity contribution in [1.82, 2.24) is 24.3 Å². The van der Waals surface area contributed by atoms with Gasteiger partial charge < -0.3 is 5.32 Å². The lowest BCUT2D eigenvalue weighted by Crippen LogP contribution is -2.20. The summed E-state index contributed by atoms with van der Waals surface area (Å²) < 4.78 is 3.17. The predicted molar refractivity (Wildman–Crippen MR) is 78.1 cm³/mol. The molecule has 3 rings (SSSR count). The van der Waals surface area contributed by atoms with E-state index in [2.05, 4.69) is 20.4 Å². The largest absolute Gasteiger partial charge is 0.362 e. The molecular weight excluding hydrogens is 276 g/mol. The zero-order valence-corrected chi connectivity index (χ0v) is 12.0. The van der Waals surface area contributed by atoms with E-state index in [4.69, 9.17) is 0 Å². The fraction of sp³-hybridized carbons (Fsp3) is 0.333. The molecule has 104 valence electrons. The Balaban J connectivity index is 1.94. The van der Waals surface area contributed by atoms with Crippen LogP contribution in [0, 0.1) is 0 Å². The number of aromatic nitrogens is 5. The van der Waals surface area contributed by atoms with Gasteiger partial charge in [0.15, 0.2) is 10.8 Å². The summed E-state index contributed by atoms with van der Waals surface area (Å²) in [5.41, 5.74) is 0.519. The molecule has 0 bridgehead atoms. The minimum atomic E-state index is -0.0819. The first-order valence-electron chi connectivity index (χ1n) is 6.24. The molecule has 8 heteroatoms. The Kier molecular flexibility index (Phi) is 3.23. The summed E-state index contributed by atoms with van der Waals surface area (Å²) in [4.78, 5) is 21.9. The second kappa shape index (κ2) is 5.04. The van der Waals surface area contributed by atoms with E-state index in [-0.39, 0.29) is 5.56 Å². The summed E-state index contributed by atoms with van der Waals surface area (Å²) in [6.07, 6.45) is 4.89. The van der Waals surface area contributed by atoms with E-state index >= 15 is 0 Å². The van der Waals surface area contributed by atoms with Gasteiger partial charge in [-0.1, -0.05) is 0 Å². The Bertz CT molecular complexity index is 802. The van der Waals surface area contributed by atoms with Crippen LogP contribution in [0.2, 0.25) is 0 Å². The van der Waals surface area contributed by atoms with E-state index < -0.39 is 0 Å². The van der Waals surface area contributed by atoms with Crippen LogP contribution in [-0.4, -0.2) is 30.9 Å². The Morgan fingerprint density at radius 2 is 2.20 bits per heavy atom. The number of hydrogen-bond acceptors (Lipinski definition) is 6. The Morgan fingerprint density at radius 3 is 3.00 bits per heavy atom. The number of aryl methyl sites for hydroxylation is 1. The third-order valence-corrected chi connectivity index (χ3v) is 3.87. The summed E-state index contributed by atoms with van der Waals surface area (Å²) in [5, 5.41) is 8.61. The molecule has 0 unspecified atom stereocenters. The monoisotopic (exact) mass is 290 g/mol. The fourth-order valence-corrected chi connectivity index (χ4v) is 2.84. The number of nitrogens with one attached hydrogen (secondary N) is 1. The maximum absolute atomic E-state index is 12.3. The van der Waals surface area contributed by atoms with E-state index in [1.54, 1.807) is 46.4 Å².